The van der Waals surface area contributed by atoms with E-state index in [1.54, 1.807) is 0 Å². The maximum atomic E-state index is 12.4. The number of hydrogen-bond donors (Lipinski definition) is 3. The van der Waals surface area contributed by atoms with Crippen LogP contribution in [0.3, 0.4) is 0 Å². The minimum atomic E-state index is -4.31. The highest BCUT2D eigenvalue weighted by Crippen LogP contribution is 2.30. The molecular formula is C13H13N3O8S2. The van der Waals surface area contributed by atoms with Crippen LogP contribution in [0, 0.1) is 10.1 Å². The number of nitro benzene ring substituents is 1. The molecular weight excluding hydrogens is 390 g/mol. The molecule has 0 atom stereocenters. The van der Waals surface area contributed by atoms with Crippen molar-refractivity contribution < 1.29 is 31.6 Å². The molecule has 0 aliphatic heterocycles. The summed E-state index contributed by atoms with van der Waals surface area (Å²) in [6, 6.07) is 5.84. The summed E-state index contributed by atoms with van der Waals surface area (Å²) in [6.45, 7) is 0. The van der Waals surface area contributed by atoms with Crippen LogP contribution in [-0.4, -0.2) is 34.0 Å². The Morgan fingerprint density at radius 1 is 1.15 bits per heavy atom. The van der Waals surface area contributed by atoms with Gasteiger partial charge in [0.15, 0.2) is 5.75 Å². The lowest BCUT2D eigenvalue weighted by Crippen LogP contribution is -2.16. The minimum absolute atomic E-state index is 0.0873. The van der Waals surface area contributed by atoms with Crippen LogP contribution in [0.5, 0.6) is 11.5 Å². The molecule has 0 spiro atoms. The molecule has 140 valence electrons. The normalized spacial score (nSPS) is 11.8. The molecule has 0 heterocycles. The number of phenolic OH excluding ortho intramolecular Hbond substituents is 1. The van der Waals surface area contributed by atoms with Gasteiger partial charge in [-0.15, -0.1) is 0 Å². The third-order valence-electron chi connectivity index (χ3n) is 3.18. The summed E-state index contributed by atoms with van der Waals surface area (Å²) >= 11 is 0. The van der Waals surface area contributed by atoms with E-state index in [1.807, 2.05) is 0 Å². The van der Waals surface area contributed by atoms with Gasteiger partial charge in [-0.05, 0) is 30.3 Å². The number of phenols is 1. The van der Waals surface area contributed by atoms with Crippen molar-refractivity contribution in [3.05, 3.63) is 46.5 Å². The van der Waals surface area contributed by atoms with Crippen molar-refractivity contribution in [3.8, 4) is 11.5 Å². The molecule has 0 aliphatic rings. The highest BCUT2D eigenvalue weighted by Gasteiger charge is 2.23. The molecule has 2 aromatic rings. The molecule has 0 radical (unpaired) electrons. The molecule has 0 fully saturated rings. The van der Waals surface area contributed by atoms with E-state index in [-0.39, 0.29) is 11.4 Å². The number of ether oxygens (including phenoxy) is 1. The van der Waals surface area contributed by atoms with Gasteiger partial charge in [-0.1, -0.05) is 0 Å². The average Bonchev–Trinajstić information content (AvgIpc) is 2.53. The molecule has 2 aromatic carbocycles. The first-order valence-corrected chi connectivity index (χ1v) is 9.70. The van der Waals surface area contributed by atoms with Crippen molar-refractivity contribution in [1.82, 2.24) is 0 Å². The van der Waals surface area contributed by atoms with Gasteiger partial charge in [0.2, 0.25) is 10.0 Å². The van der Waals surface area contributed by atoms with Crippen LogP contribution in [0.4, 0.5) is 11.4 Å². The summed E-state index contributed by atoms with van der Waals surface area (Å²) in [5.74, 6) is -0.786. The Morgan fingerprint density at radius 2 is 1.81 bits per heavy atom. The van der Waals surface area contributed by atoms with E-state index in [0.717, 1.165) is 18.2 Å². The second kappa shape index (κ2) is 6.78. The number of nitrogens with one attached hydrogen (secondary N) is 1. The van der Waals surface area contributed by atoms with E-state index in [2.05, 4.69) is 4.72 Å². The molecule has 2 rings (SSSR count). The third kappa shape index (κ3) is 4.01. The predicted molar refractivity (Wildman–Crippen MR) is 89.9 cm³/mol. The van der Waals surface area contributed by atoms with Crippen LogP contribution in [0.15, 0.2) is 46.2 Å². The molecule has 0 bridgehead atoms. The molecule has 0 saturated carbocycles. The molecule has 4 N–H and O–H groups in total. The van der Waals surface area contributed by atoms with Gasteiger partial charge in [-0.3, -0.25) is 14.8 Å². The van der Waals surface area contributed by atoms with E-state index in [4.69, 9.17) is 9.88 Å². The number of nitrogens with zero attached hydrogens (tertiary/aromatic N) is 1. The lowest BCUT2D eigenvalue weighted by Gasteiger charge is -2.11. The van der Waals surface area contributed by atoms with E-state index in [0.29, 0.717) is 6.07 Å². The van der Waals surface area contributed by atoms with Gasteiger partial charge >= 0.3 is 5.69 Å². The number of primary sulfonamides is 1. The van der Waals surface area contributed by atoms with Gasteiger partial charge in [-0.25, -0.2) is 22.0 Å². The number of anilines is 1. The van der Waals surface area contributed by atoms with Crippen molar-refractivity contribution in [2.75, 3.05) is 11.8 Å². The van der Waals surface area contributed by atoms with E-state index >= 15 is 0 Å². The van der Waals surface area contributed by atoms with Crippen LogP contribution in [-0.2, 0) is 20.0 Å². The van der Waals surface area contributed by atoms with Crippen LogP contribution in [0.2, 0.25) is 0 Å². The molecule has 11 nitrogen and oxygen atoms in total. The lowest BCUT2D eigenvalue weighted by atomic mass is 10.3. The average molecular weight is 403 g/mol. The van der Waals surface area contributed by atoms with Crippen molar-refractivity contribution in [3.63, 3.8) is 0 Å². The summed E-state index contributed by atoms with van der Waals surface area (Å²) in [5, 5.41) is 25.3. The molecule has 0 unspecified atom stereocenters. The Morgan fingerprint density at radius 3 is 2.35 bits per heavy atom. The number of aromatic hydroxyl groups is 1. The minimum Gasteiger partial charge on any atom is -0.502 e. The van der Waals surface area contributed by atoms with Crippen LogP contribution in [0.1, 0.15) is 0 Å². The zero-order valence-corrected chi connectivity index (χ0v) is 14.7. The Labute approximate surface area is 148 Å². The van der Waals surface area contributed by atoms with Crippen molar-refractivity contribution in [2.45, 2.75) is 9.79 Å². The molecule has 13 heteroatoms. The first kappa shape index (κ1) is 19.4. The quantitative estimate of drug-likeness (QED) is 0.467. The SMILES string of the molecule is COc1ccc(NS(=O)(=O)c2ccc(O)c([N+](=O)[O-])c2)cc1S(N)(=O)=O. The Kier molecular flexibility index (Phi) is 5.06. The first-order valence-electron chi connectivity index (χ1n) is 6.67. The number of hydrogen-bond acceptors (Lipinski definition) is 8. The fourth-order valence-corrected chi connectivity index (χ4v) is 3.79. The second-order valence-corrected chi connectivity index (χ2v) is 8.14. The Balaban J connectivity index is 2.48. The third-order valence-corrected chi connectivity index (χ3v) is 5.49. The van der Waals surface area contributed by atoms with E-state index in [9.17, 15) is 32.1 Å². The maximum absolute atomic E-state index is 12.4. The monoisotopic (exact) mass is 403 g/mol. The van der Waals surface area contributed by atoms with Gasteiger partial charge in [0.05, 0.1) is 22.6 Å². The summed E-state index contributed by atoms with van der Waals surface area (Å²) in [7, 11) is -7.29. The van der Waals surface area contributed by atoms with Crippen LogP contribution >= 0.6 is 0 Å². The van der Waals surface area contributed by atoms with Gasteiger partial charge in [0.1, 0.15) is 10.6 Å². The Bertz CT molecular complexity index is 1080. The number of nitro groups is 1. The molecule has 0 aliphatic carbocycles. The van der Waals surface area contributed by atoms with Crippen molar-refractivity contribution in [1.29, 1.82) is 0 Å². The van der Waals surface area contributed by atoms with E-state index in [1.165, 1.54) is 19.2 Å². The summed E-state index contributed by atoms with van der Waals surface area (Å²) in [5.41, 5.74) is -0.960. The summed E-state index contributed by atoms with van der Waals surface area (Å²) in [4.78, 5) is 8.93. The number of rotatable bonds is 6. The summed E-state index contributed by atoms with van der Waals surface area (Å²) < 4.78 is 54.8. The predicted octanol–water partition coefficient (Wildman–Crippen LogP) is 0.757. The summed E-state index contributed by atoms with van der Waals surface area (Å²) in [6.07, 6.45) is 0. The Hall–Kier alpha value is -2.90. The largest absolute Gasteiger partial charge is 0.502 e. The number of methoxy groups -OCH3 is 1. The van der Waals surface area contributed by atoms with Gasteiger partial charge < -0.3 is 9.84 Å². The van der Waals surface area contributed by atoms with E-state index < -0.39 is 46.2 Å². The van der Waals surface area contributed by atoms with Gasteiger partial charge in [-0.2, -0.15) is 0 Å². The fourth-order valence-electron chi connectivity index (χ4n) is 1.99. The van der Waals surface area contributed by atoms with Crippen molar-refractivity contribution >= 4 is 31.4 Å². The fraction of sp³-hybridized carbons (Fsp3) is 0.0769. The molecule has 0 amide bonds. The van der Waals surface area contributed by atoms with Crippen LogP contribution in [0.25, 0.3) is 0 Å². The number of nitrogens with two attached hydrogens (primary N) is 1. The topological polar surface area (TPSA) is 179 Å². The maximum Gasteiger partial charge on any atom is 0.312 e. The molecule has 0 aromatic heterocycles. The molecule has 0 saturated heterocycles. The lowest BCUT2D eigenvalue weighted by molar-refractivity contribution is -0.386. The second-order valence-electron chi connectivity index (χ2n) is 4.92. The smallest absolute Gasteiger partial charge is 0.312 e. The highest BCUT2D eigenvalue weighted by molar-refractivity contribution is 7.92. The zero-order chi connectivity index (χ0) is 19.7. The molecule has 26 heavy (non-hydrogen) atoms. The first-order chi connectivity index (χ1) is 12.0. The zero-order valence-electron chi connectivity index (χ0n) is 13.1. The van der Waals surface area contributed by atoms with Gasteiger partial charge in [0.25, 0.3) is 10.0 Å². The van der Waals surface area contributed by atoms with Crippen molar-refractivity contribution in [2.24, 2.45) is 5.14 Å². The van der Waals surface area contributed by atoms with Crippen LogP contribution < -0.4 is 14.6 Å². The number of benzene rings is 2. The standard InChI is InChI=1S/C13H13N3O8S2/c1-24-12-5-2-8(6-13(12)25(14,20)21)15-26(22,23)9-3-4-11(17)10(7-9)16(18)19/h2-7,15,17H,1H3,(H2,14,20,21). The van der Waals surface area contributed by atoms with Gasteiger partial charge in [0, 0.05) is 6.07 Å². The highest BCUT2D eigenvalue weighted by atomic mass is 32.2. The number of sulfonamides is 2.